The van der Waals surface area contributed by atoms with Crippen molar-refractivity contribution in [1.29, 1.82) is 5.26 Å². The maximum absolute atomic E-state index is 11.7. The average Bonchev–Trinajstić information content (AvgIpc) is 2.50. The van der Waals surface area contributed by atoms with Gasteiger partial charge in [0.05, 0.1) is 35.2 Å². The average molecular weight is 281 g/mol. The first-order chi connectivity index (χ1) is 10.1. The van der Waals surface area contributed by atoms with Crippen LogP contribution in [0.5, 0.6) is 0 Å². The van der Waals surface area contributed by atoms with Crippen molar-refractivity contribution in [3.05, 3.63) is 53.6 Å². The number of nitrogen functional groups attached to an aromatic ring is 1. The van der Waals surface area contributed by atoms with Gasteiger partial charge in [0.1, 0.15) is 0 Å². The van der Waals surface area contributed by atoms with E-state index in [2.05, 4.69) is 5.32 Å². The number of hydrogen-bond donors (Lipinski definition) is 2. The molecule has 2 rings (SSSR count). The fourth-order valence-electron chi connectivity index (χ4n) is 1.84. The molecular weight excluding hydrogens is 266 g/mol. The number of nitriles is 1. The molecule has 0 aliphatic heterocycles. The number of rotatable bonds is 4. The minimum Gasteiger partial charge on any atom is -0.462 e. The minimum atomic E-state index is -0.367. The predicted octanol–water partition coefficient (Wildman–Crippen LogP) is 3.06. The fraction of sp³-hybridized carbons (Fsp3) is 0.125. The Bertz CT molecular complexity index is 705. The van der Waals surface area contributed by atoms with Crippen LogP contribution < -0.4 is 11.1 Å². The Hall–Kier alpha value is -3.00. The monoisotopic (exact) mass is 281 g/mol. The number of nitrogens with one attached hydrogen (secondary N) is 1. The smallest absolute Gasteiger partial charge is 0.338 e. The molecule has 5 nitrogen and oxygen atoms in total. The third-order valence-corrected chi connectivity index (χ3v) is 2.83. The highest BCUT2D eigenvalue weighted by atomic mass is 16.5. The molecule has 0 aromatic heterocycles. The SMILES string of the molecule is CCOC(=O)c1cccc(Nc2ccc(C#N)cc2N)c1. The number of carbonyl (C=O) groups excluding carboxylic acids is 1. The summed E-state index contributed by atoms with van der Waals surface area (Å²) < 4.78 is 4.96. The van der Waals surface area contributed by atoms with E-state index < -0.39 is 0 Å². The maximum Gasteiger partial charge on any atom is 0.338 e. The van der Waals surface area contributed by atoms with E-state index in [0.717, 1.165) is 5.69 Å². The lowest BCUT2D eigenvalue weighted by Gasteiger charge is -2.10. The van der Waals surface area contributed by atoms with Gasteiger partial charge in [0.15, 0.2) is 0 Å². The molecule has 3 N–H and O–H groups in total. The third-order valence-electron chi connectivity index (χ3n) is 2.83. The summed E-state index contributed by atoms with van der Waals surface area (Å²) in [5, 5.41) is 11.9. The second kappa shape index (κ2) is 6.44. The summed E-state index contributed by atoms with van der Waals surface area (Å²) in [7, 11) is 0. The van der Waals surface area contributed by atoms with Crippen LogP contribution in [-0.4, -0.2) is 12.6 Å². The van der Waals surface area contributed by atoms with Crippen molar-refractivity contribution in [1.82, 2.24) is 0 Å². The van der Waals surface area contributed by atoms with E-state index >= 15 is 0 Å². The molecule has 0 aliphatic rings. The number of benzene rings is 2. The van der Waals surface area contributed by atoms with Gasteiger partial charge in [-0.15, -0.1) is 0 Å². The third kappa shape index (κ3) is 3.51. The highest BCUT2D eigenvalue weighted by Gasteiger charge is 2.07. The van der Waals surface area contributed by atoms with Crippen LogP contribution in [-0.2, 0) is 4.74 Å². The molecule has 0 unspecified atom stereocenters. The van der Waals surface area contributed by atoms with Gasteiger partial charge in [0.2, 0.25) is 0 Å². The van der Waals surface area contributed by atoms with Gasteiger partial charge in [-0.25, -0.2) is 4.79 Å². The van der Waals surface area contributed by atoms with Crippen LogP contribution in [0.4, 0.5) is 17.1 Å². The summed E-state index contributed by atoms with van der Waals surface area (Å²) in [5.74, 6) is -0.367. The van der Waals surface area contributed by atoms with Gasteiger partial charge in [0.25, 0.3) is 0 Å². The van der Waals surface area contributed by atoms with E-state index in [0.29, 0.717) is 29.1 Å². The van der Waals surface area contributed by atoms with Crippen LogP contribution in [0, 0.1) is 11.3 Å². The molecule has 0 fully saturated rings. The highest BCUT2D eigenvalue weighted by Crippen LogP contribution is 2.24. The lowest BCUT2D eigenvalue weighted by Crippen LogP contribution is -2.05. The van der Waals surface area contributed by atoms with E-state index in [-0.39, 0.29) is 5.97 Å². The standard InChI is InChI=1S/C16H15N3O2/c1-2-21-16(20)12-4-3-5-13(9-12)19-15-7-6-11(10-17)8-14(15)18/h3-9,19H,2,18H2,1H3. The maximum atomic E-state index is 11.7. The molecule has 2 aromatic carbocycles. The van der Waals surface area contributed by atoms with Crippen molar-refractivity contribution in [2.24, 2.45) is 0 Å². The lowest BCUT2D eigenvalue weighted by atomic mass is 10.1. The van der Waals surface area contributed by atoms with Crippen LogP contribution >= 0.6 is 0 Å². The van der Waals surface area contributed by atoms with Gasteiger partial charge in [-0.2, -0.15) is 5.26 Å². The van der Waals surface area contributed by atoms with Crippen LogP contribution in [0.25, 0.3) is 0 Å². The van der Waals surface area contributed by atoms with E-state index in [4.69, 9.17) is 15.7 Å². The number of carbonyl (C=O) groups is 1. The Morgan fingerprint density at radius 3 is 2.81 bits per heavy atom. The summed E-state index contributed by atoms with van der Waals surface area (Å²) in [6.45, 7) is 2.09. The molecule has 0 saturated carbocycles. The Balaban J connectivity index is 2.22. The van der Waals surface area contributed by atoms with Gasteiger partial charge in [-0.1, -0.05) is 6.07 Å². The van der Waals surface area contributed by atoms with Crippen molar-refractivity contribution in [2.45, 2.75) is 6.92 Å². The number of esters is 1. The van der Waals surface area contributed by atoms with Crippen molar-refractivity contribution in [2.75, 3.05) is 17.7 Å². The zero-order chi connectivity index (χ0) is 15.2. The second-order valence-corrected chi connectivity index (χ2v) is 4.34. The number of hydrogen-bond acceptors (Lipinski definition) is 5. The number of ether oxygens (including phenoxy) is 1. The molecule has 0 spiro atoms. The minimum absolute atomic E-state index is 0.332. The van der Waals surface area contributed by atoms with Gasteiger partial charge in [0, 0.05) is 5.69 Å². The number of nitrogens with zero attached hydrogens (tertiary/aromatic N) is 1. The van der Waals surface area contributed by atoms with E-state index in [1.54, 1.807) is 43.3 Å². The normalized spacial score (nSPS) is 9.71. The lowest BCUT2D eigenvalue weighted by molar-refractivity contribution is 0.0526. The first-order valence-corrected chi connectivity index (χ1v) is 6.48. The molecular formula is C16H15N3O2. The van der Waals surface area contributed by atoms with Crippen molar-refractivity contribution in [3.63, 3.8) is 0 Å². The molecule has 0 amide bonds. The summed E-state index contributed by atoms with van der Waals surface area (Å²) in [4.78, 5) is 11.7. The fourth-order valence-corrected chi connectivity index (χ4v) is 1.84. The summed E-state index contributed by atoms with van der Waals surface area (Å²) >= 11 is 0. The second-order valence-electron chi connectivity index (χ2n) is 4.34. The Kier molecular flexibility index (Phi) is 4.42. The van der Waals surface area contributed by atoms with Crippen LogP contribution in [0.2, 0.25) is 0 Å². The largest absolute Gasteiger partial charge is 0.462 e. The quantitative estimate of drug-likeness (QED) is 0.664. The zero-order valence-electron chi connectivity index (χ0n) is 11.6. The van der Waals surface area contributed by atoms with Crippen LogP contribution in [0.1, 0.15) is 22.8 Å². The van der Waals surface area contributed by atoms with E-state index in [1.807, 2.05) is 12.1 Å². The first-order valence-electron chi connectivity index (χ1n) is 6.48. The van der Waals surface area contributed by atoms with Crippen LogP contribution in [0.3, 0.4) is 0 Å². The number of anilines is 3. The molecule has 0 heterocycles. The summed E-state index contributed by atoms with van der Waals surface area (Å²) in [5.41, 5.74) is 8.71. The first kappa shape index (κ1) is 14.4. The molecule has 21 heavy (non-hydrogen) atoms. The Morgan fingerprint density at radius 2 is 2.14 bits per heavy atom. The zero-order valence-corrected chi connectivity index (χ0v) is 11.6. The van der Waals surface area contributed by atoms with Gasteiger partial charge >= 0.3 is 5.97 Å². The summed E-state index contributed by atoms with van der Waals surface area (Å²) in [6, 6.07) is 14.0. The molecule has 106 valence electrons. The van der Waals surface area contributed by atoms with E-state index in [9.17, 15) is 4.79 Å². The molecule has 0 atom stereocenters. The molecule has 0 bridgehead atoms. The highest BCUT2D eigenvalue weighted by molar-refractivity contribution is 5.91. The molecule has 0 saturated heterocycles. The Labute approximate surface area is 123 Å². The number of nitrogens with two attached hydrogens (primary N) is 1. The van der Waals surface area contributed by atoms with Crippen molar-refractivity contribution < 1.29 is 9.53 Å². The molecule has 0 radical (unpaired) electrons. The topological polar surface area (TPSA) is 88.1 Å². The van der Waals surface area contributed by atoms with Gasteiger partial charge < -0.3 is 15.8 Å². The summed E-state index contributed by atoms with van der Waals surface area (Å²) in [6.07, 6.45) is 0. The van der Waals surface area contributed by atoms with Crippen LogP contribution in [0.15, 0.2) is 42.5 Å². The van der Waals surface area contributed by atoms with Crippen molar-refractivity contribution >= 4 is 23.0 Å². The van der Waals surface area contributed by atoms with Gasteiger partial charge in [-0.05, 0) is 43.3 Å². The Morgan fingerprint density at radius 1 is 1.33 bits per heavy atom. The molecule has 0 aliphatic carbocycles. The van der Waals surface area contributed by atoms with E-state index in [1.165, 1.54) is 0 Å². The predicted molar refractivity (Wildman–Crippen MR) is 81.3 cm³/mol. The van der Waals surface area contributed by atoms with Gasteiger partial charge in [-0.3, -0.25) is 0 Å². The van der Waals surface area contributed by atoms with Crippen molar-refractivity contribution in [3.8, 4) is 6.07 Å². The molecule has 5 heteroatoms. The molecule has 2 aromatic rings.